The molecule has 2 nitrogen and oxygen atoms in total. The zero-order chi connectivity index (χ0) is 17.8. The van der Waals surface area contributed by atoms with Gasteiger partial charge >= 0.3 is 0 Å². The van der Waals surface area contributed by atoms with Crippen LogP contribution in [-0.2, 0) is 24.9 Å². The lowest BCUT2D eigenvalue weighted by atomic mass is 10.0. The highest BCUT2D eigenvalue weighted by atomic mass is 15.1. The van der Waals surface area contributed by atoms with Crippen LogP contribution in [0.5, 0.6) is 0 Å². The third kappa shape index (κ3) is 3.51. The van der Waals surface area contributed by atoms with E-state index in [1.165, 1.54) is 30.4 Å². The molecule has 1 atom stereocenters. The van der Waals surface area contributed by atoms with Gasteiger partial charge in [0.15, 0.2) is 0 Å². The van der Waals surface area contributed by atoms with Crippen LogP contribution in [0, 0.1) is 0 Å². The third-order valence-electron chi connectivity index (χ3n) is 5.44. The number of aryl methyl sites for hydroxylation is 3. The Bertz CT molecular complexity index is 849. The summed E-state index contributed by atoms with van der Waals surface area (Å²) in [5, 5.41) is 3.45. The highest BCUT2D eigenvalue weighted by Gasteiger charge is 2.34. The van der Waals surface area contributed by atoms with E-state index < -0.39 is 5.66 Å². The van der Waals surface area contributed by atoms with Crippen molar-refractivity contribution in [3.63, 3.8) is 0 Å². The van der Waals surface area contributed by atoms with Crippen LogP contribution in [-0.4, -0.2) is 0 Å². The van der Waals surface area contributed by atoms with Gasteiger partial charge in [0.25, 0.3) is 0 Å². The van der Waals surface area contributed by atoms with Crippen LogP contribution in [0.25, 0.3) is 0 Å². The fourth-order valence-electron chi connectivity index (χ4n) is 4.06. The zero-order valence-corrected chi connectivity index (χ0v) is 15.1. The van der Waals surface area contributed by atoms with Crippen LogP contribution < -0.4 is 11.1 Å². The summed E-state index contributed by atoms with van der Waals surface area (Å²) in [6.07, 6.45) is 5.96. The first-order valence-electron chi connectivity index (χ1n) is 9.52. The summed E-state index contributed by atoms with van der Waals surface area (Å²) >= 11 is 0. The van der Waals surface area contributed by atoms with Crippen molar-refractivity contribution in [2.24, 2.45) is 5.73 Å². The van der Waals surface area contributed by atoms with Gasteiger partial charge in [-0.1, -0.05) is 66.7 Å². The minimum atomic E-state index is -0.419. The van der Waals surface area contributed by atoms with Gasteiger partial charge in [-0.3, -0.25) is 0 Å². The molecule has 0 aliphatic heterocycles. The summed E-state index contributed by atoms with van der Waals surface area (Å²) in [5.74, 6) is 0. The van der Waals surface area contributed by atoms with E-state index in [1.807, 2.05) is 18.2 Å². The lowest BCUT2D eigenvalue weighted by Crippen LogP contribution is -2.42. The van der Waals surface area contributed by atoms with Gasteiger partial charge < -0.3 is 11.1 Å². The summed E-state index contributed by atoms with van der Waals surface area (Å²) in [6.45, 7) is 0. The van der Waals surface area contributed by atoms with E-state index in [1.54, 1.807) is 11.1 Å². The number of nitrogens with two attached hydrogens (primary N) is 1. The van der Waals surface area contributed by atoms with Crippen LogP contribution in [0.3, 0.4) is 0 Å². The Kier molecular flexibility index (Phi) is 4.77. The van der Waals surface area contributed by atoms with E-state index in [4.69, 9.17) is 5.73 Å². The van der Waals surface area contributed by atoms with Crippen molar-refractivity contribution < 1.29 is 0 Å². The van der Waals surface area contributed by atoms with Gasteiger partial charge in [0.2, 0.25) is 0 Å². The van der Waals surface area contributed by atoms with Crippen molar-refractivity contribution in [1.29, 1.82) is 0 Å². The fourth-order valence-corrected chi connectivity index (χ4v) is 4.06. The van der Waals surface area contributed by atoms with Crippen molar-refractivity contribution in [3.05, 3.63) is 101 Å². The van der Waals surface area contributed by atoms with Crippen molar-refractivity contribution >= 4 is 5.69 Å². The highest BCUT2D eigenvalue weighted by Crippen LogP contribution is 2.35. The van der Waals surface area contributed by atoms with Gasteiger partial charge in [0.05, 0.1) is 0 Å². The third-order valence-corrected chi connectivity index (χ3v) is 5.44. The van der Waals surface area contributed by atoms with Gasteiger partial charge in [-0.15, -0.1) is 0 Å². The SMILES string of the molecule is NC1(Nc2ccccc2)CCc2ccccc21.c1ccc2c(c1)CCC2. The Hall–Kier alpha value is -2.58. The van der Waals surface area contributed by atoms with Crippen LogP contribution in [0.4, 0.5) is 5.69 Å². The van der Waals surface area contributed by atoms with Crippen LogP contribution >= 0.6 is 0 Å². The van der Waals surface area contributed by atoms with Crippen LogP contribution in [0.15, 0.2) is 78.9 Å². The average molecular weight is 342 g/mol. The fraction of sp³-hybridized carbons (Fsp3) is 0.250. The first kappa shape index (κ1) is 16.9. The molecule has 0 saturated heterocycles. The number of anilines is 1. The molecule has 2 heteroatoms. The molecule has 0 amide bonds. The van der Waals surface area contributed by atoms with Gasteiger partial charge in [0, 0.05) is 5.69 Å². The summed E-state index contributed by atoms with van der Waals surface area (Å²) in [6, 6.07) is 27.3. The summed E-state index contributed by atoms with van der Waals surface area (Å²) in [5.41, 5.74) is 12.9. The number of hydrogen-bond donors (Lipinski definition) is 2. The van der Waals surface area contributed by atoms with E-state index in [0.717, 1.165) is 18.5 Å². The second kappa shape index (κ2) is 7.35. The monoisotopic (exact) mass is 342 g/mol. The molecule has 2 aliphatic rings. The summed E-state index contributed by atoms with van der Waals surface area (Å²) in [4.78, 5) is 0. The molecule has 3 aromatic carbocycles. The van der Waals surface area contributed by atoms with Crippen molar-refractivity contribution in [2.45, 2.75) is 37.8 Å². The first-order valence-corrected chi connectivity index (χ1v) is 9.52. The predicted octanol–water partition coefficient (Wildman–Crippen LogP) is 5.03. The molecule has 3 N–H and O–H groups in total. The lowest BCUT2D eigenvalue weighted by molar-refractivity contribution is 0.509. The maximum Gasteiger partial charge on any atom is 0.113 e. The Balaban J connectivity index is 0.000000157. The van der Waals surface area contributed by atoms with E-state index in [2.05, 4.69) is 66.0 Å². The van der Waals surface area contributed by atoms with E-state index in [0.29, 0.717) is 0 Å². The Morgan fingerprint density at radius 2 is 1.23 bits per heavy atom. The molecule has 5 rings (SSSR count). The van der Waals surface area contributed by atoms with Gasteiger partial charge in [-0.25, -0.2) is 0 Å². The minimum Gasteiger partial charge on any atom is -0.364 e. The summed E-state index contributed by atoms with van der Waals surface area (Å²) in [7, 11) is 0. The molecule has 0 bridgehead atoms. The highest BCUT2D eigenvalue weighted by molar-refractivity contribution is 5.50. The molecular weight excluding hydrogens is 316 g/mol. The van der Waals surface area contributed by atoms with E-state index in [-0.39, 0.29) is 0 Å². The second-order valence-electron chi connectivity index (χ2n) is 7.24. The molecule has 3 aromatic rings. The molecule has 0 heterocycles. The molecule has 0 aromatic heterocycles. The topological polar surface area (TPSA) is 38.0 Å². The molecule has 26 heavy (non-hydrogen) atoms. The van der Waals surface area contributed by atoms with Crippen molar-refractivity contribution in [3.8, 4) is 0 Å². The molecule has 0 fully saturated rings. The second-order valence-corrected chi connectivity index (χ2v) is 7.24. The largest absolute Gasteiger partial charge is 0.364 e. The van der Waals surface area contributed by atoms with E-state index >= 15 is 0 Å². The normalized spacial score (nSPS) is 19.9. The number of nitrogens with one attached hydrogen (secondary N) is 1. The Labute approximate surface area is 156 Å². The first-order chi connectivity index (χ1) is 12.7. The average Bonchev–Trinajstić information content (AvgIpc) is 3.29. The summed E-state index contributed by atoms with van der Waals surface area (Å²) < 4.78 is 0. The number of hydrogen-bond acceptors (Lipinski definition) is 2. The smallest absolute Gasteiger partial charge is 0.113 e. The maximum atomic E-state index is 6.49. The molecular formula is C24H26N2. The van der Waals surface area contributed by atoms with Gasteiger partial charge in [0.1, 0.15) is 5.66 Å². The molecule has 0 spiro atoms. The van der Waals surface area contributed by atoms with Crippen molar-refractivity contribution in [2.75, 3.05) is 5.32 Å². The molecule has 2 aliphatic carbocycles. The van der Waals surface area contributed by atoms with Gasteiger partial charge in [-0.2, -0.15) is 0 Å². The molecule has 1 unspecified atom stereocenters. The quantitative estimate of drug-likeness (QED) is 0.641. The van der Waals surface area contributed by atoms with Crippen LogP contribution in [0.1, 0.15) is 35.1 Å². The minimum absolute atomic E-state index is 0.419. The Morgan fingerprint density at radius 1 is 0.654 bits per heavy atom. The zero-order valence-electron chi connectivity index (χ0n) is 15.1. The molecule has 0 saturated carbocycles. The number of para-hydroxylation sites is 1. The lowest BCUT2D eigenvalue weighted by Gasteiger charge is -2.28. The van der Waals surface area contributed by atoms with Crippen molar-refractivity contribution in [1.82, 2.24) is 0 Å². The standard InChI is InChI=1S/C15H16N2.C9H10/c16-15(17-13-7-2-1-3-8-13)11-10-12-6-4-5-9-14(12)15;1-2-5-9-7-3-6-8(9)4-1/h1-9,17H,10-11,16H2;1-2,4-5H,3,6-7H2. The predicted molar refractivity (Wildman–Crippen MR) is 109 cm³/mol. The molecule has 132 valence electrons. The number of benzene rings is 3. The van der Waals surface area contributed by atoms with E-state index in [9.17, 15) is 0 Å². The number of rotatable bonds is 2. The molecule has 0 radical (unpaired) electrons. The van der Waals surface area contributed by atoms with Crippen LogP contribution in [0.2, 0.25) is 0 Å². The Morgan fingerprint density at radius 3 is 1.92 bits per heavy atom. The number of fused-ring (bicyclic) bond motifs is 2. The maximum absolute atomic E-state index is 6.49. The van der Waals surface area contributed by atoms with Gasteiger partial charge in [-0.05, 0) is 66.5 Å².